The van der Waals surface area contributed by atoms with Crippen molar-refractivity contribution in [3.63, 3.8) is 0 Å². The van der Waals surface area contributed by atoms with Gasteiger partial charge in [0.25, 0.3) is 5.91 Å². The summed E-state index contributed by atoms with van der Waals surface area (Å²) in [6, 6.07) is 5.13. The first kappa shape index (κ1) is 18.0. The van der Waals surface area contributed by atoms with Crippen LogP contribution >= 0.6 is 0 Å². The van der Waals surface area contributed by atoms with Crippen molar-refractivity contribution < 1.29 is 14.3 Å². The molecule has 0 bridgehead atoms. The van der Waals surface area contributed by atoms with Crippen LogP contribution in [0, 0.1) is 5.41 Å². The van der Waals surface area contributed by atoms with Gasteiger partial charge in [0.05, 0.1) is 12.8 Å². The molecule has 0 unspecified atom stereocenters. The number of carbonyl (C=O) groups is 2. The SMILES string of the molecule is COc1ccc(C(=O)N2CCCC2)cc1NC(=O)C=CC(C)(C)C. The fourth-order valence-electron chi connectivity index (χ4n) is 2.54. The third kappa shape index (κ3) is 4.85. The van der Waals surface area contributed by atoms with Gasteiger partial charge in [-0.25, -0.2) is 0 Å². The average molecular weight is 330 g/mol. The number of rotatable bonds is 4. The first-order valence-electron chi connectivity index (χ1n) is 8.28. The van der Waals surface area contributed by atoms with Gasteiger partial charge >= 0.3 is 0 Å². The quantitative estimate of drug-likeness (QED) is 0.860. The van der Waals surface area contributed by atoms with E-state index in [-0.39, 0.29) is 17.2 Å². The molecule has 5 nitrogen and oxygen atoms in total. The molecular formula is C19H26N2O3. The number of methoxy groups -OCH3 is 1. The normalized spacial score (nSPS) is 14.9. The van der Waals surface area contributed by atoms with Crippen LogP contribution in [0.4, 0.5) is 5.69 Å². The Bertz CT molecular complexity index is 639. The van der Waals surface area contributed by atoms with Crippen LogP contribution in [-0.2, 0) is 4.79 Å². The van der Waals surface area contributed by atoms with Gasteiger partial charge in [0.2, 0.25) is 5.91 Å². The van der Waals surface area contributed by atoms with Crippen molar-refractivity contribution in [3.05, 3.63) is 35.9 Å². The van der Waals surface area contributed by atoms with Crippen LogP contribution < -0.4 is 10.1 Å². The molecule has 0 spiro atoms. The van der Waals surface area contributed by atoms with Crippen LogP contribution in [0.3, 0.4) is 0 Å². The van der Waals surface area contributed by atoms with Gasteiger partial charge in [-0.15, -0.1) is 0 Å². The van der Waals surface area contributed by atoms with Crippen LogP contribution in [0.25, 0.3) is 0 Å². The monoisotopic (exact) mass is 330 g/mol. The number of hydrogen-bond acceptors (Lipinski definition) is 3. The highest BCUT2D eigenvalue weighted by molar-refractivity contribution is 6.02. The highest BCUT2D eigenvalue weighted by Gasteiger charge is 2.20. The standard InChI is InChI=1S/C19H26N2O3/c1-19(2,3)10-9-17(22)20-15-13-14(7-8-16(15)24-4)18(23)21-11-5-6-12-21/h7-10,13H,5-6,11-12H2,1-4H3,(H,20,22). The van der Waals surface area contributed by atoms with E-state index in [1.807, 2.05) is 31.7 Å². The Morgan fingerprint density at radius 3 is 2.46 bits per heavy atom. The van der Waals surface area contributed by atoms with E-state index in [4.69, 9.17) is 4.74 Å². The van der Waals surface area contributed by atoms with Crippen molar-refractivity contribution in [1.29, 1.82) is 0 Å². The number of hydrogen-bond donors (Lipinski definition) is 1. The maximum atomic E-state index is 12.5. The fraction of sp³-hybridized carbons (Fsp3) is 0.474. The average Bonchev–Trinajstić information content (AvgIpc) is 3.06. The summed E-state index contributed by atoms with van der Waals surface area (Å²) in [5, 5.41) is 2.80. The molecule has 2 amide bonds. The van der Waals surface area contributed by atoms with Crippen molar-refractivity contribution in [3.8, 4) is 5.75 Å². The topological polar surface area (TPSA) is 58.6 Å². The van der Waals surface area contributed by atoms with Crippen LogP contribution in [0.5, 0.6) is 5.75 Å². The van der Waals surface area contributed by atoms with Gasteiger partial charge in [-0.3, -0.25) is 9.59 Å². The predicted molar refractivity (Wildman–Crippen MR) is 95.4 cm³/mol. The Morgan fingerprint density at radius 1 is 1.21 bits per heavy atom. The predicted octanol–water partition coefficient (Wildman–Crippen LogP) is 3.47. The number of anilines is 1. The van der Waals surface area contributed by atoms with Crippen molar-refractivity contribution in [1.82, 2.24) is 4.90 Å². The van der Waals surface area contributed by atoms with E-state index < -0.39 is 0 Å². The highest BCUT2D eigenvalue weighted by atomic mass is 16.5. The summed E-state index contributed by atoms with van der Waals surface area (Å²) in [4.78, 5) is 26.5. The molecule has 5 heteroatoms. The molecule has 1 aromatic carbocycles. The van der Waals surface area contributed by atoms with Gasteiger partial charge < -0.3 is 15.0 Å². The summed E-state index contributed by atoms with van der Waals surface area (Å²) >= 11 is 0. The fourth-order valence-corrected chi connectivity index (χ4v) is 2.54. The first-order valence-corrected chi connectivity index (χ1v) is 8.28. The molecule has 1 N–H and O–H groups in total. The van der Waals surface area contributed by atoms with Crippen LogP contribution in [-0.4, -0.2) is 36.9 Å². The van der Waals surface area contributed by atoms with Gasteiger partial charge in [-0.1, -0.05) is 26.8 Å². The molecule has 0 saturated carbocycles. The van der Waals surface area contributed by atoms with Crippen molar-refractivity contribution >= 4 is 17.5 Å². The molecule has 0 atom stereocenters. The van der Waals surface area contributed by atoms with Crippen molar-refractivity contribution in [2.75, 3.05) is 25.5 Å². The number of allylic oxidation sites excluding steroid dienone is 1. The minimum absolute atomic E-state index is 0.00381. The Kier molecular flexibility index (Phi) is 5.65. The van der Waals surface area contributed by atoms with Crippen LogP contribution in [0.15, 0.2) is 30.4 Å². The van der Waals surface area contributed by atoms with Gasteiger partial charge in [-0.05, 0) is 42.5 Å². The zero-order valence-electron chi connectivity index (χ0n) is 14.9. The Hall–Kier alpha value is -2.30. The second-order valence-electron chi connectivity index (χ2n) is 7.10. The second kappa shape index (κ2) is 7.51. The Balaban J connectivity index is 2.18. The lowest BCUT2D eigenvalue weighted by Gasteiger charge is -2.17. The smallest absolute Gasteiger partial charge is 0.253 e. The van der Waals surface area contributed by atoms with E-state index in [9.17, 15) is 9.59 Å². The largest absolute Gasteiger partial charge is 0.495 e. The number of nitrogens with zero attached hydrogens (tertiary/aromatic N) is 1. The maximum Gasteiger partial charge on any atom is 0.253 e. The van der Waals surface area contributed by atoms with Crippen LogP contribution in [0.1, 0.15) is 44.0 Å². The number of nitrogens with one attached hydrogen (secondary N) is 1. The summed E-state index contributed by atoms with van der Waals surface area (Å²) in [5.41, 5.74) is 0.994. The van der Waals surface area contributed by atoms with Gasteiger partial charge in [0.1, 0.15) is 5.75 Å². The maximum absolute atomic E-state index is 12.5. The molecule has 2 rings (SSSR count). The van der Waals surface area contributed by atoms with Crippen LogP contribution in [0.2, 0.25) is 0 Å². The number of benzene rings is 1. The van der Waals surface area contributed by atoms with Gasteiger partial charge in [-0.2, -0.15) is 0 Å². The molecule has 0 aliphatic carbocycles. The molecule has 130 valence electrons. The summed E-state index contributed by atoms with van der Waals surface area (Å²) in [6.07, 6.45) is 5.44. The van der Waals surface area contributed by atoms with E-state index in [0.29, 0.717) is 17.0 Å². The van der Waals surface area contributed by atoms with Crippen molar-refractivity contribution in [2.45, 2.75) is 33.6 Å². The molecule has 1 heterocycles. The zero-order valence-corrected chi connectivity index (χ0v) is 14.9. The molecule has 1 aliphatic rings. The summed E-state index contributed by atoms with van der Waals surface area (Å²) < 4.78 is 5.29. The number of likely N-dealkylation sites (tertiary alicyclic amines) is 1. The van der Waals surface area contributed by atoms with Gasteiger partial charge in [0, 0.05) is 18.7 Å². The summed E-state index contributed by atoms with van der Waals surface area (Å²) in [7, 11) is 1.54. The lowest BCUT2D eigenvalue weighted by atomic mass is 9.96. The second-order valence-corrected chi connectivity index (χ2v) is 7.10. The Labute approximate surface area is 143 Å². The van der Waals surface area contributed by atoms with E-state index in [1.165, 1.54) is 13.2 Å². The third-order valence-corrected chi connectivity index (χ3v) is 3.83. The molecule has 24 heavy (non-hydrogen) atoms. The zero-order chi connectivity index (χ0) is 17.7. The lowest BCUT2D eigenvalue weighted by Crippen LogP contribution is -2.27. The number of carbonyl (C=O) groups excluding carboxylic acids is 2. The third-order valence-electron chi connectivity index (χ3n) is 3.83. The van der Waals surface area contributed by atoms with Crippen molar-refractivity contribution in [2.24, 2.45) is 5.41 Å². The Morgan fingerprint density at radius 2 is 1.88 bits per heavy atom. The van der Waals surface area contributed by atoms with E-state index >= 15 is 0 Å². The molecule has 1 fully saturated rings. The van der Waals surface area contributed by atoms with E-state index in [0.717, 1.165) is 25.9 Å². The minimum Gasteiger partial charge on any atom is -0.495 e. The molecular weight excluding hydrogens is 304 g/mol. The summed E-state index contributed by atoms with van der Waals surface area (Å²) in [6.45, 7) is 7.65. The lowest BCUT2D eigenvalue weighted by molar-refractivity contribution is -0.112. The van der Waals surface area contributed by atoms with Gasteiger partial charge in [0.15, 0.2) is 0 Å². The van der Waals surface area contributed by atoms with E-state index in [1.54, 1.807) is 18.2 Å². The molecule has 1 aromatic rings. The number of amides is 2. The molecule has 1 aliphatic heterocycles. The minimum atomic E-state index is -0.242. The first-order chi connectivity index (χ1) is 11.3. The molecule has 1 saturated heterocycles. The molecule has 0 aromatic heterocycles. The highest BCUT2D eigenvalue weighted by Crippen LogP contribution is 2.27. The van der Waals surface area contributed by atoms with E-state index in [2.05, 4.69) is 5.32 Å². The summed E-state index contributed by atoms with van der Waals surface area (Å²) in [5.74, 6) is 0.287. The number of ether oxygens (including phenoxy) is 1. The molecule has 0 radical (unpaired) electrons.